The molecule has 1 unspecified atom stereocenters. The standard InChI is InChI=1S/C36H42ClN3O/c1-24-20-25(2)39-35-33(24)31-14-7-8-15-32(31)40(35)23-26-16-18-29(19-17-26)34(28-11-5-3-4-6-12-28)36(41)38-22-27-10-9-13-30(37)21-27/h9-10,13,16-21,28,34H,3-8,11-12,14-15,22-23H2,1-2H3,(H,38,41). The van der Waals surface area contributed by atoms with E-state index in [2.05, 4.69) is 54.1 Å². The highest BCUT2D eigenvalue weighted by Crippen LogP contribution is 2.37. The van der Waals surface area contributed by atoms with Crippen LogP contribution in [0.3, 0.4) is 0 Å². The van der Waals surface area contributed by atoms with Crippen molar-refractivity contribution in [3.05, 3.63) is 98.8 Å². The van der Waals surface area contributed by atoms with Crippen LogP contribution in [0.5, 0.6) is 0 Å². The zero-order valence-electron chi connectivity index (χ0n) is 24.5. The number of rotatable bonds is 7. The van der Waals surface area contributed by atoms with Crippen molar-refractivity contribution < 1.29 is 4.79 Å². The van der Waals surface area contributed by atoms with E-state index in [1.54, 1.807) is 0 Å². The van der Waals surface area contributed by atoms with Crippen LogP contribution < -0.4 is 5.32 Å². The Balaban J connectivity index is 1.27. The fourth-order valence-electron chi connectivity index (χ4n) is 7.38. The number of hydrogen-bond acceptors (Lipinski definition) is 2. The molecular formula is C36H42ClN3O. The lowest BCUT2D eigenvalue weighted by Crippen LogP contribution is -2.33. The SMILES string of the molecule is Cc1cc(C)c2c3c(n(Cc4ccc(C(C(=O)NCc5cccc(Cl)c5)C5CCCCCC5)cc4)c2n1)CCCC3. The highest BCUT2D eigenvalue weighted by atomic mass is 35.5. The van der Waals surface area contributed by atoms with Crippen LogP contribution in [0.1, 0.15) is 96.5 Å². The van der Waals surface area contributed by atoms with Crippen molar-refractivity contribution in [1.29, 1.82) is 0 Å². The van der Waals surface area contributed by atoms with Crippen molar-refractivity contribution in [1.82, 2.24) is 14.9 Å². The highest BCUT2D eigenvalue weighted by Gasteiger charge is 2.30. The number of carbonyl (C=O) groups excluding carboxylic acids is 1. The number of nitrogens with one attached hydrogen (secondary N) is 1. The first kappa shape index (κ1) is 28.0. The van der Waals surface area contributed by atoms with Crippen molar-refractivity contribution in [3.8, 4) is 0 Å². The summed E-state index contributed by atoms with van der Waals surface area (Å²) in [6.07, 6.45) is 12.0. The third kappa shape index (κ3) is 6.09. The number of benzene rings is 2. The molecule has 0 saturated heterocycles. The predicted octanol–water partition coefficient (Wildman–Crippen LogP) is 8.60. The number of hydrogen-bond donors (Lipinski definition) is 1. The van der Waals surface area contributed by atoms with E-state index in [0.717, 1.165) is 54.7 Å². The van der Waals surface area contributed by atoms with Gasteiger partial charge in [-0.3, -0.25) is 4.79 Å². The van der Waals surface area contributed by atoms with Gasteiger partial charge in [0.1, 0.15) is 5.65 Å². The summed E-state index contributed by atoms with van der Waals surface area (Å²) in [6.45, 7) is 5.65. The van der Waals surface area contributed by atoms with Crippen molar-refractivity contribution in [3.63, 3.8) is 0 Å². The summed E-state index contributed by atoms with van der Waals surface area (Å²) >= 11 is 6.19. The van der Waals surface area contributed by atoms with E-state index >= 15 is 0 Å². The molecule has 41 heavy (non-hydrogen) atoms. The second-order valence-electron chi connectivity index (χ2n) is 12.3. The minimum Gasteiger partial charge on any atom is -0.351 e. The quantitative estimate of drug-likeness (QED) is 0.227. The summed E-state index contributed by atoms with van der Waals surface area (Å²) in [5.74, 6) is 0.372. The first-order valence-electron chi connectivity index (χ1n) is 15.6. The predicted molar refractivity (Wildman–Crippen MR) is 169 cm³/mol. The molecule has 1 amide bonds. The van der Waals surface area contributed by atoms with E-state index < -0.39 is 0 Å². The van der Waals surface area contributed by atoms with Gasteiger partial charge in [0.2, 0.25) is 5.91 Å². The molecule has 2 aromatic heterocycles. The molecular weight excluding hydrogens is 526 g/mol. The van der Waals surface area contributed by atoms with Gasteiger partial charge in [-0.2, -0.15) is 0 Å². The number of amides is 1. The number of carbonyl (C=O) groups is 1. The molecule has 0 aliphatic heterocycles. The van der Waals surface area contributed by atoms with Gasteiger partial charge in [-0.15, -0.1) is 0 Å². The summed E-state index contributed by atoms with van der Waals surface area (Å²) in [5, 5.41) is 5.31. The van der Waals surface area contributed by atoms with Gasteiger partial charge >= 0.3 is 0 Å². The van der Waals surface area contributed by atoms with Crippen LogP contribution >= 0.6 is 11.6 Å². The Morgan fingerprint density at radius 1 is 0.951 bits per heavy atom. The lowest BCUT2D eigenvalue weighted by molar-refractivity contribution is -0.124. The molecule has 1 atom stereocenters. The van der Waals surface area contributed by atoms with Gasteiger partial charge in [0.05, 0.1) is 5.92 Å². The Labute approximate surface area is 249 Å². The molecule has 2 aromatic carbocycles. The normalized spacial score (nSPS) is 16.8. The molecule has 214 valence electrons. The maximum absolute atomic E-state index is 13.8. The van der Waals surface area contributed by atoms with Gasteiger partial charge in [-0.1, -0.05) is 73.7 Å². The maximum atomic E-state index is 13.8. The largest absolute Gasteiger partial charge is 0.351 e. The van der Waals surface area contributed by atoms with Crippen LogP contribution in [0.15, 0.2) is 54.6 Å². The number of halogens is 1. The smallest absolute Gasteiger partial charge is 0.228 e. The van der Waals surface area contributed by atoms with Crippen LogP contribution in [0.25, 0.3) is 11.0 Å². The first-order valence-corrected chi connectivity index (χ1v) is 15.9. The highest BCUT2D eigenvalue weighted by molar-refractivity contribution is 6.30. The van der Waals surface area contributed by atoms with Crippen molar-refractivity contribution in [2.24, 2.45) is 5.92 Å². The van der Waals surface area contributed by atoms with Gasteiger partial charge in [0.25, 0.3) is 0 Å². The Hall–Kier alpha value is -3.11. The van der Waals surface area contributed by atoms with Gasteiger partial charge in [0, 0.05) is 34.9 Å². The minimum absolute atomic E-state index is 0.130. The van der Waals surface area contributed by atoms with E-state index in [-0.39, 0.29) is 11.8 Å². The van der Waals surface area contributed by atoms with E-state index in [1.807, 2.05) is 24.3 Å². The second kappa shape index (κ2) is 12.4. The molecule has 1 fully saturated rings. The van der Waals surface area contributed by atoms with Crippen LogP contribution in [0.4, 0.5) is 0 Å². The minimum atomic E-state index is -0.131. The number of pyridine rings is 1. The third-order valence-electron chi connectivity index (χ3n) is 9.34. The van der Waals surface area contributed by atoms with E-state index in [1.165, 1.54) is 66.3 Å². The Morgan fingerprint density at radius 3 is 2.46 bits per heavy atom. The summed E-state index contributed by atoms with van der Waals surface area (Å²) in [5.41, 5.74) is 9.96. The van der Waals surface area contributed by atoms with Crippen molar-refractivity contribution >= 4 is 28.5 Å². The molecule has 2 heterocycles. The fourth-order valence-corrected chi connectivity index (χ4v) is 7.59. The van der Waals surface area contributed by atoms with Crippen molar-refractivity contribution in [2.75, 3.05) is 0 Å². The number of fused-ring (bicyclic) bond motifs is 3. The summed E-state index contributed by atoms with van der Waals surface area (Å²) in [4.78, 5) is 18.8. The Morgan fingerprint density at radius 2 is 1.71 bits per heavy atom. The second-order valence-corrected chi connectivity index (χ2v) is 12.8. The topological polar surface area (TPSA) is 46.9 Å². The van der Waals surface area contributed by atoms with E-state index in [4.69, 9.17) is 16.6 Å². The number of aryl methyl sites for hydroxylation is 3. The Bertz CT molecular complexity index is 1530. The molecule has 6 rings (SSSR count). The molecule has 5 heteroatoms. The number of nitrogens with zero attached hydrogens (tertiary/aromatic N) is 2. The summed E-state index contributed by atoms with van der Waals surface area (Å²) in [7, 11) is 0. The van der Waals surface area contributed by atoms with Gasteiger partial charge in [0.15, 0.2) is 0 Å². The lowest BCUT2D eigenvalue weighted by atomic mass is 9.80. The molecule has 0 spiro atoms. The average molecular weight is 568 g/mol. The van der Waals surface area contributed by atoms with Crippen LogP contribution in [-0.2, 0) is 30.7 Å². The van der Waals surface area contributed by atoms with Crippen LogP contribution in [0.2, 0.25) is 5.02 Å². The Kier molecular flexibility index (Phi) is 8.48. The van der Waals surface area contributed by atoms with E-state index in [9.17, 15) is 4.79 Å². The lowest BCUT2D eigenvalue weighted by Gasteiger charge is -2.26. The zero-order valence-corrected chi connectivity index (χ0v) is 25.3. The van der Waals surface area contributed by atoms with Crippen LogP contribution in [0, 0.1) is 19.8 Å². The van der Waals surface area contributed by atoms with E-state index in [0.29, 0.717) is 17.5 Å². The molecule has 2 aliphatic carbocycles. The summed E-state index contributed by atoms with van der Waals surface area (Å²) in [6, 6.07) is 18.9. The van der Waals surface area contributed by atoms with Gasteiger partial charge in [-0.25, -0.2) is 4.98 Å². The summed E-state index contributed by atoms with van der Waals surface area (Å²) < 4.78 is 2.47. The third-order valence-corrected chi connectivity index (χ3v) is 9.57. The number of aromatic nitrogens is 2. The fraction of sp³-hybridized carbons (Fsp3) is 0.444. The van der Waals surface area contributed by atoms with Crippen LogP contribution in [-0.4, -0.2) is 15.5 Å². The first-order chi connectivity index (χ1) is 20.0. The average Bonchev–Trinajstić information content (AvgIpc) is 3.09. The van der Waals surface area contributed by atoms with Gasteiger partial charge in [-0.05, 0) is 104 Å². The molecule has 4 aromatic rings. The monoisotopic (exact) mass is 567 g/mol. The molecule has 4 nitrogen and oxygen atoms in total. The molecule has 2 aliphatic rings. The van der Waals surface area contributed by atoms with Crippen molar-refractivity contribution in [2.45, 2.75) is 97.1 Å². The van der Waals surface area contributed by atoms with Gasteiger partial charge < -0.3 is 9.88 Å². The zero-order chi connectivity index (χ0) is 28.3. The molecule has 0 bridgehead atoms. The molecule has 1 saturated carbocycles. The molecule has 0 radical (unpaired) electrons. The maximum Gasteiger partial charge on any atom is 0.228 e. The molecule has 1 N–H and O–H groups in total.